The molecule has 1 nitrogen and oxygen atoms in total. The van der Waals surface area contributed by atoms with Crippen LogP contribution in [0.3, 0.4) is 0 Å². The van der Waals surface area contributed by atoms with Crippen LogP contribution in [-0.4, -0.2) is 25.4 Å². The van der Waals surface area contributed by atoms with Crippen molar-refractivity contribution in [2.45, 2.75) is 144 Å². The molecule has 0 aliphatic heterocycles. The Balaban J connectivity index is 4.44. The molecule has 0 bridgehead atoms. The molecule has 0 saturated carbocycles. The maximum atomic E-state index is 6.84. The molecule has 0 saturated heterocycles. The number of rotatable bonds is 21. The van der Waals surface area contributed by atoms with Gasteiger partial charge in [0.1, 0.15) is 0 Å². The summed E-state index contributed by atoms with van der Waals surface area (Å²) >= 11 is -2.35. The fourth-order valence-electron chi connectivity index (χ4n) is 3.98. The molecule has 0 aromatic heterocycles. The van der Waals surface area contributed by atoms with Crippen LogP contribution < -0.4 is 0 Å². The van der Waals surface area contributed by atoms with Gasteiger partial charge < -0.3 is 0 Å². The quantitative estimate of drug-likeness (QED) is 0.119. The Morgan fingerprint density at radius 3 is 1.27 bits per heavy atom. The van der Waals surface area contributed by atoms with Crippen LogP contribution in [-0.2, 0) is 3.07 Å². The van der Waals surface area contributed by atoms with Crippen molar-refractivity contribution in [2.75, 3.05) is 6.61 Å². The number of unbranched alkanes of at least 4 members (excludes halogenated alkanes) is 12. The van der Waals surface area contributed by atoms with Gasteiger partial charge >= 0.3 is 172 Å². The van der Waals surface area contributed by atoms with Crippen LogP contribution >= 0.6 is 0 Å². The molecule has 0 amide bonds. The molecule has 0 unspecified atom stereocenters. The molecule has 158 valence electrons. The van der Waals surface area contributed by atoms with Gasteiger partial charge in [-0.2, -0.15) is 0 Å². The van der Waals surface area contributed by atoms with E-state index in [1.54, 1.807) is 0 Å². The first-order valence-corrected chi connectivity index (χ1v) is 19.6. The van der Waals surface area contributed by atoms with E-state index in [9.17, 15) is 0 Å². The fraction of sp³-hybridized carbons (Fsp3) is 1.00. The fourth-order valence-corrected chi connectivity index (χ4v) is 17.0. The number of hydrogen-bond acceptors (Lipinski definition) is 1. The minimum atomic E-state index is -2.35. The summed E-state index contributed by atoms with van der Waals surface area (Å²) in [5.74, 6) is 0. The first-order valence-electron chi connectivity index (χ1n) is 12.4. The summed E-state index contributed by atoms with van der Waals surface area (Å²) < 4.78 is 11.4. The van der Waals surface area contributed by atoms with Crippen molar-refractivity contribution in [1.29, 1.82) is 0 Å². The normalized spacial score (nSPS) is 12.0. The Morgan fingerprint density at radius 2 is 0.808 bits per heavy atom. The van der Waals surface area contributed by atoms with Crippen molar-refractivity contribution in [2.24, 2.45) is 0 Å². The van der Waals surface area contributed by atoms with E-state index in [4.69, 9.17) is 3.07 Å². The van der Waals surface area contributed by atoms with Gasteiger partial charge in [-0.1, -0.05) is 0 Å². The monoisotopic (exact) mass is 476 g/mol. The molecule has 0 rings (SSSR count). The zero-order valence-corrected chi connectivity index (χ0v) is 21.9. The van der Waals surface area contributed by atoms with E-state index in [-0.39, 0.29) is 0 Å². The first kappa shape index (κ1) is 26.8. The molecule has 0 aromatic carbocycles. The summed E-state index contributed by atoms with van der Waals surface area (Å²) in [5, 5.41) is 0. The van der Waals surface area contributed by atoms with Crippen LogP contribution in [0.15, 0.2) is 0 Å². The van der Waals surface area contributed by atoms with E-state index >= 15 is 0 Å². The molecule has 0 spiro atoms. The topological polar surface area (TPSA) is 9.23 Å². The third kappa shape index (κ3) is 15.8. The van der Waals surface area contributed by atoms with Crippen molar-refractivity contribution < 1.29 is 3.07 Å². The van der Waals surface area contributed by atoms with Gasteiger partial charge in [0.25, 0.3) is 0 Å². The Hall–Kier alpha value is 0.759. The van der Waals surface area contributed by atoms with Crippen molar-refractivity contribution in [3.05, 3.63) is 0 Å². The van der Waals surface area contributed by atoms with Gasteiger partial charge in [0.2, 0.25) is 0 Å². The Bertz CT molecular complexity index is 251. The van der Waals surface area contributed by atoms with Crippen molar-refractivity contribution in [1.82, 2.24) is 0 Å². The molecule has 0 N–H and O–H groups in total. The summed E-state index contributed by atoms with van der Waals surface area (Å²) in [6, 6.07) is 0. The SMILES string of the molecule is CCCCCCC[CH2][Sn]([CH2]CCC)([CH2]CCCCCCC)[O]CCCC. The summed E-state index contributed by atoms with van der Waals surface area (Å²) in [5.41, 5.74) is 0. The molecular weight excluding hydrogens is 423 g/mol. The van der Waals surface area contributed by atoms with Crippen molar-refractivity contribution >= 4 is 18.8 Å². The molecule has 0 aliphatic rings. The van der Waals surface area contributed by atoms with Crippen LogP contribution in [0.4, 0.5) is 0 Å². The summed E-state index contributed by atoms with van der Waals surface area (Å²) in [7, 11) is 0. The summed E-state index contributed by atoms with van der Waals surface area (Å²) in [6.07, 6.45) is 22.5. The second kappa shape index (κ2) is 20.5. The standard InChI is InChI=1S/2C8H17.C4H9O.C4H9.Sn/c2*1-3-5-7-8-6-4-2;1-2-3-4-5;1-3-4-2;/h2*1,3-8H2,2H3;2-4H2,1H3;1,3-4H2,2H3;/q;;-1;;+1. The van der Waals surface area contributed by atoms with E-state index < -0.39 is 18.8 Å². The maximum absolute atomic E-state index is 6.84. The average Bonchev–Trinajstić information content (AvgIpc) is 2.65. The molecule has 0 heterocycles. The van der Waals surface area contributed by atoms with Crippen molar-refractivity contribution in [3.63, 3.8) is 0 Å². The van der Waals surface area contributed by atoms with Gasteiger partial charge in [-0.05, 0) is 0 Å². The van der Waals surface area contributed by atoms with E-state index in [1.807, 2.05) is 0 Å². The second-order valence-corrected chi connectivity index (χ2v) is 20.4. The molecular formula is C24H52OSn. The van der Waals surface area contributed by atoms with E-state index in [0.717, 1.165) is 6.61 Å². The Kier molecular flexibility index (Phi) is 21.1. The molecule has 0 fully saturated rings. The molecule has 2 heteroatoms. The Labute approximate surface area is 171 Å². The predicted octanol–water partition coefficient (Wildman–Crippen LogP) is 9.27. The first-order chi connectivity index (χ1) is 12.7. The van der Waals surface area contributed by atoms with Crippen molar-refractivity contribution in [3.8, 4) is 0 Å². The second-order valence-electron chi connectivity index (χ2n) is 8.52. The van der Waals surface area contributed by atoms with Crippen LogP contribution in [0.1, 0.15) is 130 Å². The van der Waals surface area contributed by atoms with Gasteiger partial charge in [0.15, 0.2) is 0 Å². The molecule has 0 atom stereocenters. The summed E-state index contributed by atoms with van der Waals surface area (Å²) in [6.45, 7) is 10.4. The van der Waals surface area contributed by atoms with Gasteiger partial charge in [-0.25, -0.2) is 0 Å². The van der Waals surface area contributed by atoms with Gasteiger partial charge in [0.05, 0.1) is 0 Å². The summed E-state index contributed by atoms with van der Waals surface area (Å²) in [4.78, 5) is 0. The van der Waals surface area contributed by atoms with Crippen LogP contribution in [0.5, 0.6) is 0 Å². The Morgan fingerprint density at radius 1 is 0.423 bits per heavy atom. The zero-order valence-electron chi connectivity index (χ0n) is 19.1. The molecule has 0 radical (unpaired) electrons. The van der Waals surface area contributed by atoms with Gasteiger partial charge in [-0.3, -0.25) is 0 Å². The van der Waals surface area contributed by atoms with Gasteiger partial charge in [0, 0.05) is 0 Å². The number of hydrogen-bond donors (Lipinski definition) is 0. The van der Waals surface area contributed by atoms with E-state index in [1.165, 1.54) is 116 Å². The van der Waals surface area contributed by atoms with Crippen LogP contribution in [0.25, 0.3) is 0 Å². The molecule has 26 heavy (non-hydrogen) atoms. The third-order valence-corrected chi connectivity index (χ3v) is 19.0. The average molecular weight is 475 g/mol. The zero-order chi connectivity index (χ0) is 19.3. The molecule has 0 aromatic rings. The minimum absolute atomic E-state index is 1.07. The molecule has 0 aliphatic carbocycles. The third-order valence-electron chi connectivity index (χ3n) is 5.86. The van der Waals surface area contributed by atoms with Gasteiger partial charge in [-0.15, -0.1) is 0 Å². The predicted molar refractivity (Wildman–Crippen MR) is 123 cm³/mol. The van der Waals surface area contributed by atoms with E-state index in [2.05, 4.69) is 27.7 Å². The van der Waals surface area contributed by atoms with Crippen LogP contribution in [0, 0.1) is 0 Å². The van der Waals surface area contributed by atoms with Crippen LogP contribution in [0.2, 0.25) is 13.3 Å². The van der Waals surface area contributed by atoms with E-state index in [0.29, 0.717) is 0 Å².